The van der Waals surface area contributed by atoms with E-state index in [4.69, 9.17) is 13.7 Å². The summed E-state index contributed by atoms with van der Waals surface area (Å²) in [5, 5.41) is -0.0155. The van der Waals surface area contributed by atoms with Crippen molar-refractivity contribution in [3.05, 3.63) is 34.2 Å². The molecule has 0 saturated heterocycles. The van der Waals surface area contributed by atoms with Gasteiger partial charge in [0.25, 0.3) is 10.1 Å². The summed E-state index contributed by atoms with van der Waals surface area (Å²) in [5.74, 6) is 0.428. The van der Waals surface area contributed by atoms with E-state index in [1.54, 1.807) is 0 Å². The number of fused-ring (bicyclic) bond motifs is 1. The minimum Gasteiger partial charge on any atom is -0.496 e. The highest BCUT2D eigenvalue weighted by molar-refractivity contribution is 7.86. The topological polar surface area (TPSA) is 93.8 Å². The van der Waals surface area contributed by atoms with Gasteiger partial charge in [-0.1, -0.05) is 0 Å². The Balaban J connectivity index is 3.08. The Hall–Kier alpha value is -1.86. The molecule has 0 fully saturated rings. The van der Waals surface area contributed by atoms with Crippen molar-refractivity contribution in [2.75, 3.05) is 7.11 Å². The van der Waals surface area contributed by atoms with Gasteiger partial charge in [-0.2, -0.15) is 8.42 Å². The van der Waals surface area contributed by atoms with Crippen LogP contribution in [0.5, 0.6) is 5.75 Å². The normalized spacial score (nSPS) is 11.7. The first-order valence-corrected chi connectivity index (χ1v) is 6.37. The third-order valence-electron chi connectivity index (χ3n) is 2.42. The molecule has 18 heavy (non-hydrogen) atoms. The summed E-state index contributed by atoms with van der Waals surface area (Å²) in [6.07, 6.45) is 0. The van der Waals surface area contributed by atoms with Crippen molar-refractivity contribution < 1.29 is 22.1 Å². The maximum atomic E-state index is 11.8. The third kappa shape index (κ3) is 1.98. The molecule has 0 aliphatic heterocycles. The Morgan fingerprint density at radius 2 is 2.00 bits per heavy atom. The molecule has 2 rings (SSSR count). The molecule has 0 bridgehead atoms. The van der Waals surface area contributed by atoms with Gasteiger partial charge in [0.2, 0.25) is 0 Å². The second-order valence-corrected chi connectivity index (χ2v) is 5.06. The van der Waals surface area contributed by atoms with Gasteiger partial charge in [-0.25, -0.2) is 0 Å². The first-order valence-electron chi connectivity index (χ1n) is 4.93. The molecular weight excluding hydrogens is 260 g/mol. The van der Waals surface area contributed by atoms with Gasteiger partial charge in [0.15, 0.2) is 11.0 Å². The molecule has 1 aromatic heterocycles. The van der Waals surface area contributed by atoms with Gasteiger partial charge in [0.05, 0.1) is 7.11 Å². The Labute approximate surface area is 103 Å². The van der Waals surface area contributed by atoms with Crippen LogP contribution in [0.2, 0.25) is 0 Å². The van der Waals surface area contributed by atoms with Crippen LogP contribution in [0.25, 0.3) is 11.0 Å². The highest BCUT2D eigenvalue weighted by atomic mass is 32.2. The standard InChI is InChI=1S/C11H10O6S/c1-6-5-7(12)10-8(16-2)3-4-9(11(10)17-6)18(13,14)15/h3-5H,1-2H3,(H,13,14,15). The zero-order chi connectivity index (χ0) is 13.5. The fourth-order valence-corrected chi connectivity index (χ4v) is 2.32. The van der Waals surface area contributed by atoms with Crippen molar-refractivity contribution in [2.45, 2.75) is 11.8 Å². The van der Waals surface area contributed by atoms with Crippen LogP contribution in [0.3, 0.4) is 0 Å². The molecule has 0 aliphatic rings. The molecule has 1 heterocycles. The van der Waals surface area contributed by atoms with E-state index >= 15 is 0 Å². The van der Waals surface area contributed by atoms with E-state index in [0.29, 0.717) is 0 Å². The predicted octanol–water partition coefficient (Wildman–Crippen LogP) is 1.36. The molecule has 0 spiro atoms. The van der Waals surface area contributed by atoms with Crippen LogP contribution < -0.4 is 10.2 Å². The van der Waals surface area contributed by atoms with Crippen molar-refractivity contribution in [2.24, 2.45) is 0 Å². The van der Waals surface area contributed by atoms with Crippen LogP contribution in [0.1, 0.15) is 5.76 Å². The Bertz CT molecular complexity index is 772. The van der Waals surface area contributed by atoms with E-state index in [1.807, 2.05) is 0 Å². The lowest BCUT2D eigenvalue weighted by atomic mass is 10.2. The number of methoxy groups -OCH3 is 1. The average Bonchev–Trinajstić information content (AvgIpc) is 2.25. The maximum Gasteiger partial charge on any atom is 0.298 e. The van der Waals surface area contributed by atoms with Gasteiger partial charge in [0, 0.05) is 6.07 Å². The van der Waals surface area contributed by atoms with E-state index in [-0.39, 0.29) is 22.5 Å². The minimum atomic E-state index is -4.48. The molecule has 1 aromatic carbocycles. The van der Waals surface area contributed by atoms with Crippen LogP contribution in [-0.4, -0.2) is 20.1 Å². The Morgan fingerprint density at radius 3 is 2.56 bits per heavy atom. The number of aryl methyl sites for hydroxylation is 1. The fraction of sp³-hybridized carbons (Fsp3) is 0.182. The van der Waals surface area contributed by atoms with Crippen LogP contribution in [-0.2, 0) is 10.1 Å². The van der Waals surface area contributed by atoms with Gasteiger partial charge in [-0.15, -0.1) is 0 Å². The number of ether oxygens (including phenoxy) is 1. The molecule has 0 saturated carbocycles. The lowest BCUT2D eigenvalue weighted by molar-refractivity contribution is 0.417. The molecule has 96 valence electrons. The van der Waals surface area contributed by atoms with E-state index in [0.717, 1.165) is 6.07 Å². The summed E-state index contributed by atoms with van der Waals surface area (Å²) in [6, 6.07) is 3.63. The number of rotatable bonds is 2. The van der Waals surface area contributed by atoms with E-state index in [1.165, 1.54) is 26.2 Å². The van der Waals surface area contributed by atoms with E-state index in [9.17, 15) is 13.2 Å². The molecule has 0 amide bonds. The molecule has 0 atom stereocenters. The first-order chi connectivity index (χ1) is 8.34. The van der Waals surface area contributed by atoms with Gasteiger partial charge in [-0.05, 0) is 19.1 Å². The van der Waals surface area contributed by atoms with Crippen molar-refractivity contribution >= 4 is 21.1 Å². The predicted molar refractivity (Wildman–Crippen MR) is 63.6 cm³/mol. The highest BCUT2D eigenvalue weighted by Crippen LogP contribution is 2.29. The van der Waals surface area contributed by atoms with Gasteiger partial charge in [-0.3, -0.25) is 9.35 Å². The minimum absolute atomic E-state index is 0.0155. The molecule has 0 radical (unpaired) electrons. The molecule has 0 unspecified atom stereocenters. The quantitative estimate of drug-likeness (QED) is 0.828. The Kier molecular flexibility index (Phi) is 2.88. The lowest BCUT2D eigenvalue weighted by Gasteiger charge is -2.07. The number of hydrogen-bond donors (Lipinski definition) is 1. The molecule has 7 heteroatoms. The molecule has 1 N–H and O–H groups in total. The van der Waals surface area contributed by atoms with Crippen molar-refractivity contribution in [1.82, 2.24) is 0 Å². The van der Waals surface area contributed by atoms with Crippen LogP contribution in [0, 0.1) is 6.92 Å². The van der Waals surface area contributed by atoms with Crippen molar-refractivity contribution in [3.8, 4) is 5.75 Å². The Morgan fingerprint density at radius 1 is 1.33 bits per heavy atom. The number of benzene rings is 1. The molecule has 0 aliphatic carbocycles. The zero-order valence-electron chi connectivity index (χ0n) is 9.63. The van der Waals surface area contributed by atoms with Gasteiger partial charge in [0.1, 0.15) is 21.8 Å². The summed E-state index contributed by atoms with van der Waals surface area (Å²) in [6.45, 7) is 1.51. The molecular formula is C11H10O6S. The maximum absolute atomic E-state index is 11.8. The van der Waals surface area contributed by atoms with Gasteiger partial charge < -0.3 is 9.15 Å². The number of hydrogen-bond acceptors (Lipinski definition) is 5. The van der Waals surface area contributed by atoms with Crippen molar-refractivity contribution in [3.63, 3.8) is 0 Å². The smallest absolute Gasteiger partial charge is 0.298 e. The van der Waals surface area contributed by atoms with Crippen LogP contribution in [0.15, 0.2) is 32.3 Å². The summed E-state index contributed by atoms with van der Waals surface area (Å²) in [5.41, 5.74) is -0.641. The van der Waals surface area contributed by atoms with Crippen molar-refractivity contribution in [1.29, 1.82) is 0 Å². The summed E-state index contributed by atoms with van der Waals surface area (Å²) in [4.78, 5) is 11.4. The van der Waals surface area contributed by atoms with E-state index < -0.39 is 20.4 Å². The lowest BCUT2D eigenvalue weighted by Crippen LogP contribution is -2.07. The second kappa shape index (κ2) is 4.11. The summed E-state index contributed by atoms with van der Waals surface area (Å²) >= 11 is 0. The summed E-state index contributed by atoms with van der Waals surface area (Å²) < 4.78 is 41.7. The van der Waals surface area contributed by atoms with Gasteiger partial charge >= 0.3 is 0 Å². The van der Waals surface area contributed by atoms with Crippen LogP contribution >= 0.6 is 0 Å². The molecule has 2 aromatic rings. The average molecular weight is 270 g/mol. The largest absolute Gasteiger partial charge is 0.496 e. The molecule has 6 nitrogen and oxygen atoms in total. The van der Waals surface area contributed by atoms with Crippen LogP contribution in [0.4, 0.5) is 0 Å². The highest BCUT2D eigenvalue weighted by Gasteiger charge is 2.20. The monoisotopic (exact) mass is 270 g/mol. The third-order valence-corrected chi connectivity index (χ3v) is 3.30. The summed E-state index contributed by atoms with van der Waals surface area (Å²) in [7, 11) is -3.13. The van der Waals surface area contributed by atoms with E-state index in [2.05, 4.69) is 0 Å². The fourth-order valence-electron chi connectivity index (χ4n) is 1.70. The second-order valence-electron chi connectivity index (χ2n) is 3.67. The first kappa shape index (κ1) is 12.6. The SMILES string of the molecule is COc1ccc(S(=O)(=O)O)c2oc(C)cc(=O)c12. The zero-order valence-corrected chi connectivity index (χ0v) is 10.4.